The largest absolute Gasteiger partial charge is 0.345 e. The molecule has 1 unspecified atom stereocenters. The van der Waals surface area contributed by atoms with Gasteiger partial charge in [-0.25, -0.2) is 0 Å². The summed E-state index contributed by atoms with van der Waals surface area (Å²) in [5, 5.41) is 0. The molecule has 0 aromatic carbocycles. The molecule has 1 saturated carbocycles. The molecule has 0 bridgehead atoms. The predicted octanol–water partition coefficient (Wildman–Crippen LogP) is 1.62. The number of amides is 1. The van der Waals surface area contributed by atoms with Crippen molar-refractivity contribution in [2.75, 3.05) is 20.1 Å². The Morgan fingerprint density at radius 1 is 1.53 bits per heavy atom. The van der Waals surface area contributed by atoms with Crippen molar-refractivity contribution in [3.05, 3.63) is 0 Å². The first kappa shape index (κ1) is 12.5. The number of carbonyl (C=O) groups is 1. The van der Waals surface area contributed by atoms with Crippen molar-refractivity contribution in [2.24, 2.45) is 17.6 Å². The van der Waals surface area contributed by atoms with Crippen LogP contribution in [0.25, 0.3) is 0 Å². The summed E-state index contributed by atoms with van der Waals surface area (Å²) in [6.45, 7) is 3.40. The van der Waals surface area contributed by atoms with E-state index in [1.54, 1.807) is 0 Å². The van der Waals surface area contributed by atoms with E-state index in [-0.39, 0.29) is 11.8 Å². The first-order chi connectivity index (χ1) is 7.19. The van der Waals surface area contributed by atoms with Crippen LogP contribution in [0.2, 0.25) is 0 Å². The normalized spacial score (nSPS) is 18.3. The molecule has 1 fully saturated rings. The number of carbonyl (C=O) groups excluding carboxylic acids is 1. The zero-order valence-electron chi connectivity index (χ0n) is 10.0. The summed E-state index contributed by atoms with van der Waals surface area (Å²) >= 11 is 0. The van der Waals surface area contributed by atoms with Crippen LogP contribution < -0.4 is 5.73 Å². The molecule has 1 amide bonds. The third-order valence-corrected chi connectivity index (χ3v) is 3.60. The number of nitrogens with two attached hydrogens (primary N) is 1. The van der Waals surface area contributed by atoms with Gasteiger partial charge in [0.25, 0.3) is 0 Å². The molecule has 2 N–H and O–H groups in total. The van der Waals surface area contributed by atoms with Crippen molar-refractivity contribution in [1.29, 1.82) is 0 Å². The first-order valence-electron chi connectivity index (χ1n) is 6.14. The van der Waals surface area contributed by atoms with Crippen LogP contribution in [0.1, 0.15) is 39.0 Å². The maximum absolute atomic E-state index is 11.9. The highest BCUT2D eigenvalue weighted by atomic mass is 16.2. The van der Waals surface area contributed by atoms with E-state index in [0.29, 0.717) is 6.54 Å². The lowest BCUT2D eigenvalue weighted by Gasteiger charge is -2.29. The molecule has 0 aromatic rings. The molecule has 1 aliphatic rings. The highest BCUT2D eigenvalue weighted by Crippen LogP contribution is 2.29. The molecule has 1 aliphatic carbocycles. The van der Waals surface area contributed by atoms with E-state index in [9.17, 15) is 4.79 Å². The van der Waals surface area contributed by atoms with Crippen molar-refractivity contribution in [2.45, 2.75) is 39.0 Å². The molecule has 1 atom stereocenters. The molecule has 0 heterocycles. The fourth-order valence-corrected chi connectivity index (χ4v) is 2.02. The van der Waals surface area contributed by atoms with E-state index in [0.717, 1.165) is 18.9 Å². The van der Waals surface area contributed by atoms with E-state index >= 15 is 0 Å². The van der Waals surface area contributed by atoms with Crippen LogP contribution in [0.15, 0.2) is 0 Å². The average molecular weight is 212 g/mol. The Labute approximate surface area is 93.0 Å². The van der Waals surface area contributed by atoms with Gasteiger partial charge in [-0.3, -0.25) is 4.79 Å². The molecule has 0 saturated heterocycles. The third-order valence-electron chi connectivity index (χ3n) is 3.60. The van der Waals surface area contributed by atoms with Crippen molar-refractivity contribution in [3.63, 3.8) is 0 Å². The van der Waals surface area contributed by atoms with Crippen molar-refractivity contribution < 1.29 is 4.79 Å². The topological polar surface area (TPSA) is 46.3 Å². The van der Waals surface area contributed by atoms with Gasteiger partial charge >= 0.3 is 0 Å². The highest BCUT2D eigenvalue weighted by Gasteiger charge is 2.21. The number of rotatable bonds is 6. The highest BCUT2D eigenvalue weighted by molar-refractivity contribution is 5.78. The minimum atomic E-state index is 0.0244. The minimum Gasteiger partial charge on any atom is -0.345 e. The van der Waals surface area contributed by atoms with Crippen LogP contribution in [-0.4, -0.2) is 30.9 Å². The van der Waals surface area contributed by atoms with Gasteiger partial charge in [-0.15, -0.1) is 0 Å². The second-order valence-corrected chi connectivity index (χ2v) is 4.69. The Morgan fingerprint density at radius 3 is 2.60 bits per heavy atom. The quantitative estimate of drug-likeness (QED) is 0.727. The van der Waals surface area contributed by atoms with Crippen LogP contribution >= 0.6 is 0 Å². The summed E-state index contributed by atoms with van der Waals surface area (Å²) in [5.41, 5.74) is 5.57. The molecular weight excluding hydrogens is 188 g/mol. The lowest BCUT2D eigenvalue weighted by atomic mass is 9.83. The maximum Gasteiger partial charge on any atom is 0.226 e. The van der Waals surface area contributed by atoms with E-state index in [2.05, 4.69) is 0 Å². The van der Waals surface area contributed by atoms with Gasteiger partial charge in [-0.1, -0.05) is 26.2 Å². The van der Waals surface area contributed by atoms with Crippen molar-refractivity contribution in [1.82, 2.24) is 4.90 Å². The monoisotopic (exact) mass is 212 g/mol. The standard InChI is InChI=1S/C12H24N2O/c1-3-11(9-13)12(15)14(2)8-7-10-5-4-6-10/h10-11H,3-9,13H2,1-2H3. The average Bonchev–Trinajstić information content (AvgIpc) is 2.16. The van der Waals surface area contributed by atoms with Gasteiger partial charge in [0.15, 0.2) is 0 Å². The molecular formula is C12H24N2O. The summed E-state index contributed by atoms with van der Waals surface area (Å²) in [6.07, 6.45) is 6.11. The molecule has 0 radical (unpaired) electrons. The summed E-state index contributed by atoms with van der Waals surface area (Å²) in [5.74, 6) is 1.12. The summed E-state index contributed by atoms with van der Waals surface area (Å²) in [7, 11) is 1.90. The molecule has 15 heavy (non-hydrogen) atoms. The van der Waals surface area contributed by atoms with Crippen LogP contribution in [0, 0.1) is 11.8 Å². The summed E-state index contributed by atoms with van der Waals surface area (Å²) < 4.78 is 0. The summed E-state index contributed by atoms with van der Waals surface area (Å²) in [6, 6.07) is 0. The molecule has 0 aliphatic heterocycles. The van der Waals surface area contributed by atoms with Gasteiger partial charge in [0.05, 0.1) is 5.92 Å². The zero-order chi connectivity index (χ0) is 11.3. The second-order valence-electron chi connectivity index (χ2n) is 4.69. The molecule has 3 heteroatoms. The number of nitrogens with zero attached hydrogens (tertiary/aromatic N) is 1. The van der Waals surface area contributed by atoms with Crippen molar-refractivity contribution >= 4 is 5.91 Å². The maximum atomic E-state index is 11.9. The van der Waals surface area contributed by atoms with Gasteiger partial charge < -0.3 is 10.6 Å². The molecule has 0 aromatic heterocycles. The van der Waals surface area contributed by atoms with Crippen LogP contribution in [0.4, 0.5) is 0 Å². The Kier molecular flexibility index (Phi) is 5.09. The SMILES string of the molecule is CCC(CN)C(=O)N(C)CCC1CCC1. The fourth-order valence-electron chi connectivity index (χ4n) is 2.02. The van der Waals surface area contributed by atoms with E-state index in [1.165, 1.54) is 25.7 Å². The Balaban J connectivity index is 2.24. The van der Waals surface area contributed by atoms with E-state index < -0.39 is 0 Å². The van der Waals surface area contributed by atoms with E-state index in [4.69, 9.17) is 5.73 Å². The molecule has 1 rings (SSSR count). The number of hydrogen-bond donors (Lipinski definition) is 1. The van der Waals surface area contributed by atoms with Crippen LogP contribution in [-0.2, 0) is 4.79 Å². The third kappa shape index (κ3) is 3.49. The van der Waals surface area contributed by atoms with Gasteiger partial charge in [-0.05, 0) is 18.8 Å². The Bertz CT molecular complexity index is 198. The van der Waals surface area contributed by atoms with Crippen molar-refractivity contribution in [3.8, 4) is 0 Å². The van der Waals surface area contributed by atoms with Crippen LogP contribution in [0.3, 0.4) is 0 Å². The summed E-state index contributed by atoms with van der Waals surface area (Å²) in [4.78, 5) is 13.7. The van der Waals surface area contributed by atoms with Gasteiger partial charge in [0, 0.05) is 20.1 Å². The van der Waals surface area contributed by atoms with Gasteiger partial charge in [-0.2, -0.15) is 0 Å². The van der Waals surface area contributed by atoms with Crippen LogP contribution in [0.5, 0.6) is 0 Å². The Hall–Kier alpha value is -0.570. The molecule has 0 spiro atoms. The Morgan fingerprint density at radius 2 is 2.20 bits per heavy atom. The molecule has 3 nitrogen and oxygen atoms in total. The van der Waals surface area contributed by atoms with Gasteiger partial charge in [0.1, 0.15) is 0 Å². The second kappa shape index (κ2) is 6.11. The zero-order valence-corrected chi connectivity index (χ0v) is 10.0. The van der Waals surface area contributed by atoms with Gasteiger partial charge in [0.2, 0.25) is 5.91 Å². The minimum absolute atomic E-state index is 0.0244. The predicted molar refractivity (Wildman–Crippen MR) is 62.4 cm³/mol. The lowest BCUT2D eigenvalue weighted by Crippen LogP contribution is -2.37. The lowest BCUT2D eigenvalue weighted by molar-refractivity contribution is -0.134. The fraction of sp³-hybridized carbons (Fsp3) is 0.917. The smallest absolute Gasteiger partial charge is 0.226 e. The number of hydrogen-bond acceptors (Lipinski definition) is 2. The first-order valence-corrected chi connectivity index (χ1v) is 6.14. The van der Waals surface area contributed by atoms with E-state index in [1.807, 2.05) is 18.9 Å². The molecule has 88 valence electrons.